The molecule has 5 heteroatoms. The smallest absolute Gasteiger partial charge is 0.343 e. The molecule has 0 spiro atoms. The minimum Gasteiger partial charge on any atom is -0.459 e. The molecule has 0 saturated heterocycles. The van der Waals surface area contributed by atoms with Gasteiger partial charge in [-0.2, -0.15) is 0 Å². The number of benzene rings is 3. The van der Waals surface area contributed by atoms with Crippen LogP contribution in [0.3, 0.4) is 0 Å². The highest BCUT2D eigenvalue weighted by atomic mass is 19.1. The molecule has 0 radical (unpaired) electrons. The molecular formula is C24H21FO4. The lowest BCUT2D eigenvalue weighted by Gasteiger charge is -2.10. The van der Waals surface area contributed by atoms with Gasteiger partial charge in [0.2, 0.25) is 0 Å². The van der Waals surface area contributed by atoms with Crippen molar-refractivity contribution in [2.45, 2.75) is 26.9 Å². The van der Waals surface area contributed by atoms with Crippen LogP contribution in [-0.4, -0.2) is 18.0 Å². The van der Waals surface area contributed by atoms with Gasteiger partial charge in [-0.3, -0.25) is 0 Å². The SMILES string of the molecule is Cc1ccc(-c2ccc(C(=O)Oc3ccc(C(=O)OC(C)C)c(F)c3)cc2)cc1. The second-order valence-corrected chi connectivity index (χ2v) is 6.93. The lowest BCUT2D eigenvalue weighted by atomic mass is 10.0. The number of hydrogen-bond acceptors (Lipinski definition) is 4. The Morgan fingerprint density at radius 1 is 0.828 bits per heavy atom. The molecule has 0 N–H and O–H groups in total. The maximum atomic E-state index is 14.2. The molecule has 0 saturated carbocycles. The Morgan fingerprint density at radius 2 is 1.41 bits per heavy atom. The summed E-state index contributed by atoms with van der Waals surface area (Å²) >= 11 is 0. The number of aryl methyl sites for hydroxylation is 1. The third kappa shape index (κ3) is 5.08. The summed E-state index contributed by atoms with van der Waals surface area (Å²) in [5.41, 5.74) is 3.32. The van der Waals surface area contributed by atoms with Gasteiger partial charge in [0.1, 0.15) is 11.6 Å². The normalized spacial score (nSPS) is 10.7. The highest BCUT2D eigenvalue weighted by molar-refractivity contribution is 5.92. The second-order valence-electron chi connectivity index (χ2n) is 6.93. The number of carbonyl (C=O) groups excluding carboxylic acids is 2. The lowest BCUT2D eigenvalue weighted by Crippen LogP contribution is -2.13. The van der Waals surface area contributed by atoms with Crippen molar-refractivity contribution in [2.75, 3.05) is 0 Å². The van der Waals surface area contributed by atoms with Crippen molar-refractivity contribution in [1.29, 1.82) is 0 Å². The number of hydrogen-bond donors (Lipinski definition) is 0. The number of ether oxygens (including phenoxy) is 2. The summed E-state index contributed by atoms with van der Waals surface area (Å²) in [5.74, 6) is -2.17. The number of halogens is 1. The zero-order chi connectivity index (χ0) is 21.0. The molecular weight excluding hydrogens is 371 g/mol. The van der Waals surface area contributed by atoms with Crippen molar-refractivity contribution in [1.82, 2.24) is 0 Å². The van der Waals surface area contributed by atoms with E-state index in [1.54, 1.807) is 26.0 Å². The van der Waals surface area contributed by atoms with E-state index < -0.39 is 17.8 Å². The molecule has 4 nitrogen and oxygen atoms in total. The van der Waals surface area contributed by atoms with Crippen LogP contribution in [0.1, 0.15) is 40.1 Å². The molecule has 3 aromatic rings. The molecule has 0 aliphatic carbocycles. The Labute approximate surface area is 168 Å². The molecule has 0 unspecified atom stereocenters. The minimum atomic E-state index is -0.810. The van der Waals surface area contributed by atoms with E-state index in [-0.39, 0.29) is 17.4 Å². The highest BCUT2D eigenvalue weighted by Crippen LogP contribution is 2.22. The number of carbonyl (C=O) groups is 2. The summed E-state index contributed by atoms with van der Waals surface area (Å²) in [5, 5.41) is 0. The lowest BCUT2D eigenvalue weighted by molar-refractivity contribution is 0.0372. The van der Waals surface area contributed by atoms with Gasteiger partial charge in [0.05, 0.1) is 17.2 Å². The predicted octanol–water partition coefficient (Wildman–Crippen LogP) is 5.59. The van der Waals surface area contributed by atoms with Crippen LogP contribution in [0.25, 0.3) is 11.1 Å². The maximum absolute atomic E-state index is 14.2. The molecule has 0 amide bonds. The van der Waals surface area contributed by atoms with Gasteiger partial charge >= 0.3 is 11.9 Å². The molecule has 3 rings (SSSR count). The summed E-state index contributed by atoms with van der Waals surface area (Å²) in [6, 6.07) is 18.6. The predicted molar refractivity (Wildman–Crippen MR) is 109 cm³/mol. The van der Waals surface area contributed by atoms with E-state index in [2.05, 4.69) is 0 Å². The highest BCUT2D eigenvalue weighted by Gasteiger charge is 2.17. The summed E-state index contributed by atoms with van der Waals surface area (Å²) < 4.78 is 24.4. The third-order valence-electron chi connectivity index (χ3n) is 4.22. The minimum absolute atomic E-state index is 0.0104. The van der Waals surface area contributed by atoms with Crippen LogP contribution in [0.5, 0.6) is 5.75 Å². The molecule has 0 aromatic heterocycles. The zero-order valence-electron chi connectivity index (χ0n) is 16.4. The monoisotopic (exact) mass is 392 g/mol. The summed E-state index contributed by atoms with van der Waals surface area (Å²) in [6.45, 7) is 5.37. The molecule has 0 heterocycles. The van der Waals surface area contributed by atoms with Gasteiger partial charge in [-0.1, -0.05) is 42.0 Å². The standard InChI is InChI=1S/C24H21FO4/c1-15(2)28-24(27)21-13-12-20(14-22(21)25)29-23(26)19-10-8-18(9-11-19)17-6-4-16(3)5-7-17/h4-15H,1-3H3. The quantitative estimate of drug-likeness (QED) is 0.420. The van der Waals surface area contributed by atoms with Crippen LogP contribution in [0.4, 0.5) is 4.39 Å². The van der Waals surface area contributed by atoms with Gasteiger partial charge in [-0.05, 0) is 56.2 Å². The van der Waals surface area contributed by atoms with Crippen molar-refractivity contribution in [2.24, 2.45) is 0 Å². The fourth-order valence-corrected chi connectivity index (χ4v) is 2.71. The Bertz CT molecular complexity index is 1020. The molecule has 3 aromatic carbocycles. The van der Waals surface area contributed by atoms with Crippen LogP contribution < -0.4 is 4.74 Å². The van der Waals surface area contributed by atoms with E-state index in [1.807, 2.05) is 43.3 Å². The van der Waals surface area contributed by atoms with Gasteiger partial charge in [0.15, 0.2) is 0 Å². The van der Waals surface area contributed by atoms with Crippen molar-refractivity contribution in [3.05, 3.63) is 89.2 Å². The van der Waals surface area contributed by atoms with Crippen LogP contribution >= 0.6 is 0 Å². The third-order valence-corrected chi connectivity index (χ3v) is 4.22. The van der Waals surface area contributed by atoms with E-state index in [9.17, 15) is 14.0 Å². The maximum Gasteiger partial charge on any atom is 0.343 e. The largest absolute Gasteiger partial charge is 0.459 e. The first-order valence-electron chi connectivity index (χ1n) is 9.23. The van der Waals surface area contributed by atoms with E-state index in [4.69, 9.17) is 9.47 Å². The van der Waals surface area contributed by atoms with Crippen LogP contribution in [0.2, 0.25) is 0 Å². The number of rotatable bonds is 5. The summed E-state index contributed by atoms with van der Waals surface area (Å²) in [6.07, 6.45) is -0.359. The van der Waals surface area contributed by atoms with E-state index in [0.717, 1.165) is 17.2 Å². The van der Waals surface area contributed by atoms with Crippen molar-refractivity contribution in [3.63, 3.8) is 0 Å². The van der Waals surface area contributed by atoms with Gasteiger partial charge in [0.25, 0.3) is 0 Å². The van der Waals surface area contributed by atoms with Crippen LogP contribution in [0.15, 0.2) is 66.7 Å². The van der Waals surface area contributed by atoms with E-state index in [0.29, 0.717) is 5.56 Å². The molecule has 0 aliphatic rings. The zero-order valence-corrected chi connectivity index (χ0v) is 16.4. The van der Waals surface area contributed by atoms with Crippen LogP contribution in [0, 0.1) is 12.7 Å². The average molecular weight is 392 g/mol. The Hall–Kier alpha value is -3.47. The van der Waals surface area contributed by atoms with Gasteiger partial charge in [-0.15, -0.1) is 0 Å². The molecule has 0 bridgehead atoms. The number of esters is 2. The van der Waals surface area contributed by atoms with Crippen molar-refractivity contribution >= 4 is 11.9 Å². The van der Waals surface area contributed by atoms with Crippen LogP contribution in [-0.2, 0) is 4.74 Å². The average Bonchev–Trinajstić information content (AvgIpc) is 2.68. The molecule has 0 fully saturated rings. The molecule has 29 heavy (non-hydrogen) atoms. The van der Waals surface area contributed by atoms with Gasteiger partial charge < -0.3 is 9.47 Å². The Kier molecular flexibility index (Phi) is 6.07. The first-order valence-corrected chi connectivity index (χ1v) is 9.23. The topological polar surface area (TPSA) is 52.6 Å². The van der Waals surface area contributed by atoms with E-state index in [1.165, 1.54) is 17.7 Å². The van der Waals surface area contributed by atoms with Gasteiger partial charge in [0, 0.05) is 6.07 Å². The molecule has 0 atom stereocenters. The first-order chi connectivity index (χ1) is 13.8. The fourth-order valence-electron chi connectivity index (χ4n) is 2.71. The Balaban J connectivity index is 1.70. The summed E-state index contributed by atoms with van der Waals surface area (Å²) in [4.78, 5) is 24.2. The summed E-state index contributed by atoms with van der Waals surface area (Å²) in [7, 11) is 0. The second kappa shape index (κ2) is 8.69. The first kappa shape index (κ1) is 20.3. The molecule has 0 aliphatic heterocycles. The molecule has 148 valence electrons. The van der Waals surface area contributed by atoms with Gasteiger partial charge in [-0.25, -0.2) is 14.0 Å². The fraction of sp³-hybridized carbons (Fsp3) is 0.167. The van der Waals surface area contributed by atoms with Crippen molar-refractivity contribution < 1.29 is 23.5 Å². The van der Waals surface area contributed by atoms with Crippen molar-refractivity contribution in [3.8, 4) is 16.9 Å². The van der Waals surface area contributed by atoms with E-state index >= 15 is 0 Å². The Morgan fingerprint density at radius 3 is 1.97 bits per heavy atom.